The van der Waals surface area contributed by atoms with Crippen LogP contribution < -0.4 is 5.73 Å². The summed E-state index contributed by atoms with van der Waals surface area (Å²) in [6.07, 6.45) is 0. The first-order valence-corrected chi connectivity index (χ1v) is 7.77. The van der Waals surface area contributed by atoms with Gasteiger partial charge in [0.15, 0.2) is 0 Å². The van der Waals surface area contributed by atoms with Gasteiger partial charge in [-0.05, 0) is 23.8 Å². The number of nitrogens with two attached hydrogens (primary N) is 1. The maximum Gasteiger partial charge on any atom is 0.255 e. The first-order valence-electron chi connectivity index (χ1n) is 6.60. The maximum atomic E-state index is 12.6. The zero-order valence-corrected chi connectivity index (χ0v) is 13.8. The standard InChI is InChI=1S/C16H16BrClN2O/c17-13-6-7-14(15(18)10-13)16(21)20(9-8-19)11-12-4-2-1-3-5-12/h1-7,10H,8-9,11,19H2. The Bertz CT molecular complexity index is 619. The first-order chi connectivity index (χ1) is 10.1. The van der Waals surface area contributed by atoms with Crippen molar-refractivity contribution in [1.82, 2.24) is 4.90 Å². The second kappa shape index (κ2) is 7.59. The highest BCUT2D eigenvalue weighted by Crippen LogP contribution is 2.23. The van der Waals surface area contributed by atoms with Crippen LogP contribution in [0.15, 0.2) is 53.0 Å². The molecule has 0 atom stereocenters. The molecule has 5 heteroatoms. The predicted molar refractivity (Wildman–Crippen MR) is 89.4 cm³/mol. The van der Waals surface area contributed by atoms with Crippen LogP contribution in [-0.2, 0) is 6.54 Å². The minimum Gasteiger partial charge on any atom is -0.333 e. The fourth-order valence-corrected chi connectivity index (χ4v) is 2.80. The van der Waals surface area contributed by atoms with Crippen molar-refractivity contribution < 1.29 is 4.79 Å². The molecule has 110 valence electrons. The molecule has 21 heavy (non-hydrogen) atoms. The molecule has 0 radical (unpaired) electrons. The minimum atomic E-state index is -0.109. The predicted octanol–water partition coefficient (Wildman–Crippen LogP) is 3.70. The molecule has 0 saturated heterocycles. The summed E-state index contributed by atoms with van der Waals surface area (Å²) >= 11 is 9.50. The molecule has 0 aromatic heterocycles. The van der Waals surface area contributed by atoms with Gasteiger partial charge in [-0.1, -0.05) is 57.9 Å². The Morgan fingerprint density at radius 1 is 1.19 bits per heavy atom. The van der Waals surface area contributed by atoms with Gasteiger partial charge in [0.2, 0.25) is 0 Å². The molecular formula is C16H16BrClN2O. The summed E-state index contributed by atoms with van der Waals surface area (Å²) in [7, 11) is 0. The number of hydrogen-bond donors (Lipinski definition) is 1. The topological polar surface area (TPSA) is 46.3 Å². The van der Waals surface area contributed by atoms with Gasteiger partial charge in [-0.25, -0.2) is 0 Å². The van der Waals surface area contributed by atoms with Gasteiger partial charge in [0.25, 0.3) is 5.91 Å². The Hall–Kier alpha value is -1.36. The van der Waals surface area contributed by atoms with E-state index in [1.54, 1.807) is 17.0 Å². The normalized spacial score (nSPS) is 10.4. The quantitative estimate of drug-likeness (QED) is 0.876. The second-order valence-electron chi connectivity index (χ2n) is 4.63. The van der Waals surface area contributed by atoms with E-state index in [2.05, 4.69) is 15.9 Å². The van der Waals surface area contributed by atoms with Crippen molar-refractivity contribution in [2.75, 3.05) is 13.1 Å². The van der Waals surface area contributed by atoms with Crippen molar-refractivity contribution in [1.29, 1.82) is 0 Å². The summed E-state index contributed by atoms with van der Waals surface area (Å²) < 4.78 is 0.845. The highest BCUT2D eigenvalue weighted by Gasteiger charge is 2.18. The van der Waals surface area contributed by atoms with Crippen molar-refractivity contribution in [3.05, 3.63) is 69.2 Å². The summed E-state index contributed by atoms with van der Waals surface area (Å²) in [5.74, 6) is -0.109. The maximum absolute atomic E-state index is 12.6. The molecule has 2 aromatic rings. The van der Waals surface area contributed by atoms with Gasteiger partial charge in [-0.3, -0.25) is 4.79 Å². The van der Waals surface area contributed by atoms with E-state index in [0.717, 1.165) is 10.0 Å². The zero-order valence-electron chi connectivity index (χ0n) is 11.4. The van der Waals surface area contributed by atoms with Crippen LogP contribution in [0.25, 0.3) is 0 Å². The number of hydrogen-bond acceptors (Lipinski definition) is 2. The van der Waals surface area contributed by atoms with E-state index in [1.165, 1.54) is 0 Å². The monoisotopic (exact) mass is 366 g/mol. The van der Waals surface area contributed by atoms with Crippen LogP contribution in [0.4, 0.5) is 0 Å². The van der Waals surface area contributed by atoms with Gasteiger partial charge >= 0.3 is 0 Å². The van der Waals surface area contributed by atoms with E-state index in [1.807, 2.05) is 36.4 Å². The SMILES string of the molecule is NCCN(Cc1ccccc1)C(=O)c1ccc(Br)cc1Cl. The Kier molecular flexibility index (Phi) is 5.79. The molecule has 2 rings (SSSR count). The molecular weight excluding hydrogens is 352 g/mol. The summed E-state index contributed by atoms with van der Waals surface area (Å²) in [5.41, 5.74) is 7.18. The second-order valence-corrected chi connectivity index (χ2v) is 5.95. The number of halogens is 2. The van der Waals surface area contributed by atoms with Crippen molar-refractivity contribution >= 4 is 33.4 Å². The van der Waals surface area contributed by atoms with E-state index in [-0.39, 0.29) is 5.91 Å². The van der Waals surface area contributed by atoms with Crippen LogP contribution in [0.2, 0.25) is 5.02 Å². The highest BCUT2D eigenvalue weighted by molar-refractivity contribution is 9.10. The van der Waals surface area contributed by atoms with E-state index in [4.69, 9.17) is 17.3 Å². The van der Waals surface area contributed by atoms with Crippen LogP contribution in [0, 0.1) is 0 Å². The lowest BCUT2D eigenvalue weighted by Gasteiger charge is -2.23. The van der Waals surface area contributed by atoms with Crippen LogP contribution >= 0.6 is 27.5 Å². The number of nitrogens with zero attached hydrogens (tertiary/aromatic N) is 1. The van der Waals surface area contributed by atoms with E-state index < -0.39 is 0 Å². The highest BCUT2D eigenvalue weighted by atomic mass is 79.9. The van der Waals surface area contributed by atoms with Crippen LogP contribution in [0.3, 0.4) is 0 Å². The molecule has 3 nitrogen and oxygen atoms in total. The van der Waals surface area contributed by atoms with Gasteiger partial charge in [0.05, 0.1) is 10.6 Å². The Balaban J connectivity index is 2.23. The lowest BCUT2D eigenvalue weighted by atomic mass is 10.1. The lowest BCUT2D eigenvalue weighted by molar-refractivity contribution is 0.0748. The molecule has 1 amide bonds. The Labute approximate surface area is 137 Å². The molecule has 0 aliphatic heterocycles. The van der Waals surface area contributed by atoms with Gasteiger partial charge in [-0.15, -0.1) is 0 Å². The smallest absolute Gasteiger partial charge is 0.255 e. The number of rotatable bonds is 5. The van der Waals surface area contributed by atoms with Crippen LogP contribution in [-0.4, -0.2) is 23.9 Å². The summed E-state index contributed by atoms with van der Waals surface area (Å²) in [4.78, 5) is 14.4. The fourth-order valence-electron chi connectivity index (χ4n) is 2.05. The number of carbonyl (C=O) groups is 1. The molecule has 0 spiro atoms. The minimum absolute atomic E-state index is 0.109. The molecule has 0 bridgehead atoms. The van der Waals surface area contributed by atoms with Gasteiger partial charge in [-0.2, -0.15) is 0 Å². The van der Waals surface area contributed by atoms with Crippen LogP contribution in [0.5, 0.6) is 0 Å². The fraction of sp³-hybridized carbons (Fsp3) is 0.188. The molecule has 0 unspecified atom stereocenters. The first kappa shape index (κ1) is 16.0. The summed E-state index contributed by atoms with van der Waals surface area (Å²) in [6.45, 7) is 1.41. The molecule has 0 saturated carbocycles. The third kappa shape index (κ3) is 4.30. The average Bonchev–Trinajstić information content (AvgIpc) is 2.47. The largest absolute Gasteiger partial charge is 0.333 e. The molecule has 0 aliphatic rings. The molecule has 2 aromatic carbocycles. The van der Waals surface area contributed by atoms with Gasteiger partial charge in [0.1, 0.15) is 0 Å². The van der Waals surface area contributed by atoms with Crippen molar-refractivity contribution in [3.63, 3.8) is 0 Å². The van der Waals surface area contributed by atoms with Crippen molar-refractivity contribution in [2.45, 2.75) is 6.54 Å². The van der Waals surface area contributed by atoms with Gasteiger partial charge < -0.3 is 10.6 Å². The lowest BCUT2D eigenvalue weighted by Crippen LogP contribution is -2.35. The van der Waals surface area contributed by atoms with E-state index >= 15 is 0 Å². The van der Waals surface area contributed by atoms with Gasteiger partial charge in [0, 0.05) is 24.1 Å². The summed E-state index contributed by atoms with van der Waals surface area (Å²) in [5, 5.41) is 0.435. The average molecular weight is 368 g/mol. The third-order valence-electron chi connectivity index (χ3n) is 3.06. The Morgan fingerprint density at radius 2 is 1.90 bits per heavy atom. The molecule has 0 aliphatic carbocycles. The number of benzene rings is 2. The molecule has 2 N–H and O–H groups in total. The van der Waals surface area contributed by atoms with Crippen molar-refractivity contribution in [2.24, 2.45) is 5.73 Å². The number of carbonyl (C=O) groups excluding carboxylic acids is 1. The van der Waals surface area contributed by atoms with E-state index in [0.29, 0.717) is 30.2 Å². The number of amides is 1. The van der Waals surface area contributed by atoms with Crippen LogP contribution in [0.1, 0.15) is 15.9 Å². The molecule has 0 heterocycles. The van der Waals surface area contributed by atoms with Crippen molar-refractivity contribution in [3.8, 4) is 0 Å². The summed E-state index contributed by atoms with van der Waals surface area (Å²) in [6, 6.07) is 15.1. The zero-order chi connectivity index (χ0) is 15.2. The Morgan fingerprint density at radius 3 is 2.52 bits per heavy atom. The molecule has 0 fully saturated rings. The third-order valence-corrected chi connectivity index (χ3v) is 3.87. The van der Waals surface area contributed by atoms with E-state index in [9.17, 15) is 4.79 Å².